The van der Waals surface area contributed by atoms with Crippen LogP contribution in [0.5, 0.6) is 0 Å². The maximum Gasteiger partial charge on any atom is 0.242 e. The number of hydrogen-bond acceptors (Lipinski definition) is 4. The Hall–Kier alpha value is -2.73. The molecule has 1 atom stereocenters. The highest BCUT2D eigenvalue weighted by atomic mass is 16.3. The van der Waals surface area contributed by atoms with E-state index < -0.39 is 0 Å². The van der Waals surface area contributed by atoms with Crippen LogP contribution in [0.3, 0.4) is 0 Å². The number of nitrogens with one attached hydrogen (secondary N) is 1. The number of para-hydroxylation sites is 1. The zero-order chi connectivity index (χ0) is 17.2. The minimum atomic E-state index is -0.275. The van der Waals surface area contributed by atoms with Crippen molar-refractivity contribution in [3.8, 4) is 0 Å². The quantitative estimate of drug-likeness (QED) is 0.747. The first-order valence-corrected chi connectivity index (χ1v) is 8.49. The molecule has 2 heterocycles. The summed E-state index contributed by atoms with van der Waals surface area (Å²) in [6, 6.07) is 13.3. The van der Waals surface area contributed by atoms with Crippen molar-refractivity contribution in [3.63, 3.8) is 0 Å². The lowest BCUT2D eigenvalue weighted by Gasteiger charge is -2.37. The molecule has 6 nitrogen and oxygen atoms in total. The average Bonchev–Trinajstić information content (AvgIpc) is 3.01. The lowest BCUT2D eigenvalue weighted by Crippen LogP contribution is -2.42. The zero-order valence-electron chi connectivity index (χ0n) is 13.7. The van der Waals surface area contributed by atoms with E-state index in [-0.39, 0.29) is 30.5 Å². The summed E-state index contributed by atoms with van der Waals surface area (Å²) in [5.41, 5.74) is 1.77. The fourth-order valence-corrected chi connectivity index (χ4v) is 3.40. The molecule has 1 aromatic carbocycles. The summed E-state index contributed by atoms with van der Waals surface area (Å²) in [6.45, 7) is 0.159. The molecule has 1 fully saturated rings. The maximum atomic E-state index is 12.6. The van der Waals surface area contributed by atoms with E-state index in [1.54, 1.807) is 17.1 Å². The normalized spacial score (nSPS) is 20.8. The number of aliphatic hydroxyl groups excluding tert-OH is 1. The second kappa shape index (κ2) is 6.64. The molecule has 6 heteroatoms. The molecule has 1 amide bonds. The van der Waals surface area contributed by atoms with Crippen molar-refractivity contribution < 1.29 is 9.90 Å². The number of aromatic nitrogens is 3. The maximum absolute atomic E-state index is 12.6. The topological polar surface area (TPSA) is 80.0 Å². The average molecular weight is 336 g/mol. The minimum Gasteiger partial charge on any atom is -0.393 e. The Bertz CT molecular complexity index is 871. The second-order valence-corrected chi connectivity index (χ2v) is 6.55. The number of amides is 1. The van der Waals surface area contributed by atoms with Gasteiger partial charge in [0.25, 0.3) is 0 Å². The monoisotopic (exact) mass is 336 g/mol. The van der Waals surface area contributed by atoms with Crippen LogP contribution < -0.4 is 5.32 Å². The number of carbonyl (C=O) groups excluding carboxylic acids is 1. The zero-order valence-corrected chi connectivity index (χ0v) is 13.7. The van der Waals surface area contributed by atoms with Crippen molar-refractivity contribution in [1.82, 2.24) is 20.1 Å². The van der Waals surface area contributed by atoms with E-state index >= 15 is 0 Å². The van der Waals surface area contributed by atoms with Gasteiger partial charge in [-0.25, -0.2) is 0 Å². The molecule has 25 heavy (non-hydrogen) atoms. The van der Waals surface area contributed by atoms with Crippen LogP contribution in [0, 0.1) is 5.92 Å². The minimum absolute atomic E-state index is 0.106. The Kier molecular flexibility index (Phi) is 4.19. The lowest BCUT2D eigenvalue weighted by atomic mass is 9.76. The van der Waals surface area contributed by atoms with E-state index in [0.717, 1.165) is 16.6 Å². The number of benzene rings is 1. The van der Waals surface area contributed by atoms with Gasteiger partial charge < -0.3 is 10.4 Å². The van der Waals surface area contributed by atoms with Crippen molar-refractivity contribution in [2.75, 3.05) is 0 Å². The lowest BCUT2D eigenvalue weighted by molar-refractivity contribution is -0.123. The van der Waals surface area contributed by atoms with E-state index in [1.165, 1.54) is 0 Å². The SMILES string of the molecule is O=C(Cn1ncc2ccccc21)NC(c1ccccn1)C1CC(O)C1. The predicted molar refractivity (Wildman–Crippen MR) is 93.6 cm³/mol. The van der Waals surface area contributed by atoms with Crippen molar-refractivity contribution in [2.24, 2.45) is 5.92 Å². The van der Waals surface area contributed by atoms with E-state index in [0.29, 0.717) is 12.8 Å². The van der Waals surface area contributed by atoms with E-state index in [4.69, 9.17) is 0 Å². The van der Waals surface area contributed by atoms with Gasteiger partial charge in [-0.2, -0.15) is 5.10 Å². The molecule has 1 aliphatic rings. The molecule has 1 saturated carbocycles. The first-order valence-electron chi connectivity index (χ1n) is 8.49. The number of rotatable bonds is 5. The van der Waals surface area contributed by atoms with Crippen molar-refractivity contribution in [2.45, 2.75) is 31.5 Å². The van der Waals surface area contributed by atoms with Gasteiger partial charge in [0, 0.05) is 11.6 Å². The molecule has 3 aromatic rings. The molecule has 0 aliphatic heterocycles. The number of fused-ring (bicyclic) bond motifs is 1. The van der Waals surface area contributed by atoms with E-state index in [9.17, 15) is 9.90 Å². The van der Waals surface area contributed by atoms with Gasteiger partial charge in [-0.1, -0.05) is 24.3 Å². The Labute approximate surface area is 145 Å². The molecule has 1 unspecified atom stereocenters. The van der Waals surface area contributed by atoms with E-state index in [1.807, 2.05) is 42.5 Å². The summed E-state index contributed by atoms with van der Waals surface area (Å²) in [7, 11) is 0. The predicted octanol–water partition coefficient (Wildman–Crippen LogP) is 2.06. The Morgan fingerprint density at radius 1 is 1.24 bits per heavy atom. The fraction of sp³-hybridized carbons (Fsp3) is 0.316. The van der Waals surface area contributed by atoms with Crippen LogP contribution in [-0.4, -0.2) is 31.9 Å². The van der Waals surface area contributed by atoms with Gasteiger partial charge in [0.15, 0.2) is 0 Å². The van der Waals surface area contributed by atoms with E-state index in [2.05, 4.69) is 15.4 Å². The molecule has 0 bridgehead atoms. The van der Waals surface area contributed by atoms with Gasteiger partial charge in [0.1, 0.15) is 6.54 Å². The summed E-state index contributed by atoms with van der Waals surface area (Å²) in [5, 5.41) is 18.0. The highest BCUT2D eigenvalue weighted by molar-refractivity contribution is 5.82. The molecule has 2 aromatic heterocycles. The van der Waals surface area contributed by atoms with Gasteiger partial charge in [-0.3, -0.25) is 14.5 Å². The van der Waals surface area contributed by atoms with Crippen molar-refractivity contribution in [3.05, 3.63) is 60.6 Å². The summed E-state index contributed by atoms with van der Waals surface area (Å²) < 4.78 is 1.70. The smallest absolute Gasteiger partial charge is 0.242 e. The third kappa shape index (κ3) is 3.25. The number of carbonyl (C=O) groups is 1. The molecule has 1 aliphatic carbocycles. The Morgan fingerprint density at radius 3 is 2.80 bits per heavy atom. The van der Waals surface area contributed by atoms with Crippen LogP contribution in [0.4, 0.5) is 0 Å². The Balaban J connectivity index is 1.50. The van der Waals surface area contributed by atoms with Crippen LogP contribution in [-0.2, 0) is 11.3 Å². The number of aliphatic hydroxyl groups is 1. The number of hydrogen-bond donors (Lipinski definition) is 2. The van der Waals surface area contributed by atoms with Gasteiger partial charge in [0.2, 0.25) is 5.91 Å². The molecule has 4 rings (SSSR count). The van der Waals surface area contributed by atoms with Gasteiger partial charge >= 0.3 is 0 Å². The fourth-order valence-electron chi connectivity index (χ4n) is 3.40. The third-order valence-corrected chi connectivity index (χ3v) is 4.79. The third-order valence-electron chi connectivity index (χ3n) is 4.79. The van der Waals surface area contributed by atoms with Gasteiger partial charge in [0.05, 0.1) is 29.6 Å². The summed E-state index contributed by atoms with van der Waals surface area (Å²) in [4.78, 5) is 17.0. The van der Waals surface area contributed by atoms with Crippen LogP contribution in [0.1, 0.15) is 24.6 Å². The van der Waals surface area contributed by atoms with Crippen LogP contribution in [0.2, 0.25) is 0 Å². The number of nitrogens with zero attached hydrogens (tertiary/aromatic N) is 3. The standard InChI is InChI=1S/C19H20N4O2/c24-15-9-14(10-15)19(16-6-3-4-8-20-16)22-18(25)12-23-17-7-2-1-5-13(17)11-21-23/h1-8,11,14-15,19,24H,9-10,12H2,(H,22,25). The van der Waals surface area contributed by atoms with Crippen LogP contribution in [0.15, 0.2) is 54.9 Å². The first-order chi connectivity index (χ1) is 12.2. The summed E-state index contributed by atoms with van der Waals surface area (Å²) >= 11 is 0. The molecule has 128 valence electrons. The van der Waals surface area contributed by atoms with Crippen LogP contribution in [0.25, 0.3) is 10.9 Å². The van der Waals surface area contributed by atoms with Gasteiger partial charge in [-0.05, 0) is 37.0 Å². The van der Waals surface area contributed by atoms with Crippen molar-refractivity contribution in [1.29, 1.82) is 0 Å². The van der Waals surface area contributed by atoms with Gasteiger partial charge in [-0.15, -0.1) is 0 Å². The largest absolute Gasteiger partial charge is 0.393 e. The molecule has 0 radical (unpaired) electrons. The summed E-state index contributed by atoms with van der Waals surface area (Å²) in [6.07, 6.45) is 4.59. The highest BCUT2D eigenvalue weighted by Gasteiger charge is 2.36. The summed E-state index contributed by atoms with van der Waals surface area (Å²) in [5.74, 6) is 0.106. The molecule has 0 spiro atoms. The molecule has 2 N–H and O–H groups in total. The second-order valence-electron chi connectivity index (χ2n) is 6.55. The number of pyridine rings is 1. The van der Waals surface area contributed by atoms with Crippen LogP contribution >= 0.6 is 0 Å². The Morgan fingerprint density at radius 2 is 2.04 bits per heavy atom. The molecular weight excluding hydrogens is 316 g/mol. The van der Waals surface area contributed by atoms with Crippen molar-refractivity contribution >= 4 is 16.8 Å². The molecular formula is C19H20N4O2. The molecule has 0 saturated heterocycles. The highest BCUT2D eigenvalue weighted by Crippen LogP contribution is 2.37. The first kappa shape index (κ1) is 15.8.